The minimum Gasteiger partial charge on any atom is -0.327 e. The molecule has 3 rings (SSSR count). The molecule has 2 aliphatic rings. The van der Waals surface area contributed by atoms with Crippen LogP contribution in [0.3, 0.4) is 0 Å². The van der Waals surface area contributed by atoms with Gasteiger partial charge in [0.05, 0.1) is 0 Å². The fourth-order valence-electron chi connectivity index (χ4n) is 2.99. The molecule has 0 amide bonds. The summed E-state index contributed by atoms with van der Waals surface area (Å²) in [6, 6.07) is 7.46. The lowest BCUT2D eigenvalue weighted by molar-refractivity contribution is 0.352. The molecular formula is C12H15IN2. The summed E-state index contributed by atoms with van der Waals surface area (Å²) in [6.45, 7) is 1.12. The quantitative estimate of drug-likeness (QED) is 0.717. The van der Waals surface area contributed by atoms with E-state index < -0.39 is 0 Å². The molecule has 0 radical (unpaired) electrons. The number of rotatable bonds is 0. The molecule has 2 nitrogen and oxygen atoms in total. The molecule has 1 aromatic carbocycles. The molecule has 3 N–H and O–H groups in total. The Bertz CT molecular complexity index is 391. The van der Waals surface area contributed by atoms with Crippen LogP contribution in [0, 0.1) is 9.49 Å². The van der Waals surface area contributed by atoms with Crippen LogP contribution in [0.4, 0.5) is 0 Å². The van der Waals surface area contributed by atoms with E-state index in [1.54, 1.807) is 0 Å². The average Bonchev–Trinajstić information content (AvgIpc) is 2.69. The summed E-state index contributed by atoms with van der Waals surface area (Å²) < 4.78 is 1.37. The van der Waals surface area contributed by atoms with E-state index in [0.717, 1.165) is 13.0 Å². The molecule has 1 aliphatic heterocycles. The number of hydrogen-bond acceptors (Lipinski definition) is 2. The van der Waals surface area contributed by atoms with Gasteiger partial charge in [0.2, 0.25) is 0 Å². The first kappa shape index (κ1) is 10.1. The van der Waals surface area contributed by atoms with Crippen molar-refractivity contribution in [1.29, 1.82) is 0 Å². The minimum atomic E-state index is 0.341. The highest BCUT2D eigenvalue weighted by Crippen LogP contribution is 2.40. The van der Waals surface area contributed by atoms with Gasteiger partial charge in [-0.25, -0.2) is 0 Å². The van der Waals surface area contributed by atoms with E-state index in [0.29, 0.717) is 18.0 Å². The smallest absolute Gasteiger partial charge is 0.0367 e. The lowest BCUT2D eigenvalue weighted by atomic mass is 9.77. The van der Waals surface area contributed by atoms with Crippen LogP contribution in [0.25, 0.3) is 0 Å². The van der Waals surface area contributed by atoms with E-state index in [1.807, 2.05) is 0 Å². The summed E-state index contributed by atoms with van der Waals surface area (Å²) in [6.07, 6.45) is 2.29. The number of halogens is 1. The zero-order chi connectivity index (χ0) is 10.4. The summed E-state index contributed by atoms with van der Waals surface area (Å²) in [5.41, 5.74) is 9.23. The number of hydrogen-bond donors (Lipinski definition) is 2. The van der Waals surface area contributed by atoms with Gasteiger partial charge in [0.25, 0.3) is 0 Å². The second kappa shape index (κ2) is 3.71. The van der Waals surface area contributed by atoms with Gasteiger partial charge in [-0.05, 0) is 65.1 Å². The Labute approximate surface area is 104 Å². The van der Waals surface area contributed by atoms with Gasteiger partial charge in [0.1, 0.15) is 0 Å². The Balaban J connectivity index is 2.11. The summed E-state index contributed by atoms with van der Waals surface area (Å²) >= 11 is 2.42. The first-order chi connectivity index (χ1) is 7.27. The monoisotopic (exact) mass is 314 g/mol. The van der Waals surface area contributed by atoms with Crippen LogP contribution < -0.4 is 11.1 Å². The highest BCUT2D eigenvalue weighted by Gasteiger charge is 2.38. The predicted molar refractivity (Wildman–Crippen MR) is 69.7 cm³/mol. The molecule has 1 aromatic rings. The summed E-state index contributed by atoms with van der Waals surface area (Å²) in [5, 5.41) is 3.59. The Kier molecular flexibility index (Phi) is 2.49. The zero-order valence-electron chi connectivity index (χ0n) is 8.54. The van der Waals surface area contributed by atoms with Crippen LogP contribution in [0.1, 0.15) is 23.6 Å². The predicted octanol–water partition coefficient (Wildman–Crippen LogP) is 1.83. The van der Waals surface area contributed by atoms with Gasteiger partial charge in [-0.1, -0.05) is 12.1 Å². The maximum Gasteiger partial charge on any atom is 0.0367 e. The van der Waals surface area contributed by atoms with Crippen LogP contribution in [0.15, 0.2) is 18.2 Å². The van der Waals surface area contributed by atoms with Crippen molar-refractivity contribution in [3.05, 3.63) is 32.9 Å². The lowest BCUT2D eigenvalue weighted by Gasteiger charge is -2.33. The first-order valence-electron chi connectivity index (χ1n) is 5.53. The van der Waals surface area contributed by atoms with Gasteiger partial charge in [-0.3, -0.25) is 0 Å². The third-order valence-corrected chi connectivity index (χ3v) is 4.76. The average molecular weight is 314 g/mol. The highest BCUT2D eigenvalue weighted by atomic mass is 127. The van der Waals surface area contributed by atoms with Crippen molar-refractivity contribution in [3.8, 4) is 0 Å². The van der Waals surface area contributed by atoms with Crippen molar-refractivity contribution < 1.29 is 0 Å². The van der Waals surface area contributed by atoms with Crippen LogP contribution in [0.5, 0.6) is 0 Å². The summed E-state index contributed by atoms with van der Waals surface area (Å²) in [4.78, 5) is 0. The summed E-state index contributed by atoms with van der Waals surface area (Å²) in [5.74, 6) is 0.649. The normalized spacial score (nSPS) is 33.6. The highest BCUT2D eigenvalue weighted by molar-refractivity contribution is 14.1. The fraction of sp³-hybridized carbons (Fsp3) is 0.500. The number of nitrogens with one attached hydrogen (secondary N) is 1. The minimum absolute atomic E-state index is 0.341. The molecule has 3 unspecified atom stereocenters. The molecule has 3 heteroatoms. The molecule has 1 aliphatic carbocycles. The van der Waals surface area contributed by atoms with Crippen molar-refractivity contribution in [2.75, 3.05) is 6.54 Å². The van der Waals surface area contributed by atoms with Gasteiger partial charge in [-0.15, -0.1) is 0 Å². The van der Waals surface area contributed by atoms with E-state index in [9.17, 15) is 0 Å². The van der Waals surface area contributed by atoms with Crippen molar-refractivity contribution in [3.63, 3.8) is 0 Å². The molecule has 0 bridgehead atoms. The van der Waals surface area contributed by atoms with Gasteiger partial charge >= 0.3 is 0 Å². The molecule has 80 valence electrons. The van der Waals surface area contributed by atoms with Gasteiger partial charge in [0, 0.05) is 15.7 Å². The maximum absolute atomic E-state index is 6.26. The SMILES string of the molecule is NC1Cc2c(I)cccc2C2NCCC12. The van der Waals surface area contributed by atoms with E-state index >= 15 is 0 Å². The second-order valence-corrected chi connectivity index (χ2v) is 5.72. The van der Waals surface area contributed by atoms with Crippen molar-refractivity contribution in [2.45, 2.75) is 24.9 Å². The van der Waals surface area contributed by atoms with E-state index in [-0.39, 0.29) is 0 Å². The fourth-order valence-corrected chi connectivity index (χ4v) is 3.73. The van der Waals surface area contributed by atoms with E-state index in [4.69, 9.17) is 5.73 Å². The van der Waals surface area contributed by atoms with E-state index in [1.165, 1.54) is 21.1 Å². The van der Waals surface area contributed by atoms with Crippen molar-refractivity contribution in [1.82, 2.24) is 5.32 Å². The molecular weight excluding hydrogens is 299 g/mol. The third-order valence-electron chi connectivity index (χ3n) is 3.75. The lowest BCUT2D eigenvalue weighted by Crippen LogP contribution is -2.40. The van der Waals surface area contributed by atoms with Gasteiger partial charge in [0.15, 0.2) is 0 Å². The topological polar surface area (TPSA) is 38.0 Å². The van der Waals surface area contributed by atoms with Crippen molar-refractivity contribution >= 4 is 22.6 Å². The molecule has 0 aromatic heterocycles. The maximum atomic E-state index is 6.26. The third kappa shape index (κ3) is 1.52. The molecule has 0 saturated carbocycles. The molecule has 0 spiro atoms. The van der Waals surface area contributed by atoms with Crippen LogP contribution in [-0.4, -0.2) is 12.6 Å². The van der Waals surface area contributed by atoms with Crippen LogP contribution in [0.2, 0.25) is 0 Å². The molecule has 1 saturated heterocycles. The Hall–Kier alpha value is -0.130. The first-order valence-corrected chi connectivity index (χ1v) is 6.61. The van der Waals surface area contributed by atoms with Crippen molar-refractivity contribution in [2.24, 2.45) is 11.7 Å². The number of fused-ring (bicyclic) bond motifs is 3. The Morgan fingerprint density at radius 3 is 3.13 bits per heavy atom. The molecule has 15 heavy (non-hydrogen) atoms. The Morgan fingerprint density at radius 2 is 2.27 bits per heavy atom. The Morgan fingerprint density at radius 1 is 1.40 bits per heavy atom. The molecule has 1 fully saturated rings. The number of nitrogens with two attached hydrogens (primary N) is 1. The van der Waals surface area contributed by atoms with Crippen LogP contribution >= 0.6 is 22.6 Å². The van der Waals surface area contributed by atoms with Gasteiger partial charge < -0.3 is 11.1 Å². The van der Waals surface area contributed by atoms with E-state index in [2.05, 4.69) is 46.1 Å². The standard InChI is InChI=1S/C12H15IN2/c13-10-3-1-2-7-9(10)6-11(14)8-4-5-15-12(7)8/h1-3,8,11-12,15H,4-6,14H2. The zero-order valence-corrected chi connectivity index (χ0v) is 10.7. The summed E-state index contributed by atoms with van der Waals surface area (Å²) in [7, 11) is 0. The molecule has 3 atom stereocenters. The van der Waals surface area contributed by atoms with Crippen LogP contribution in [-0.2, 0) is 6.42 Å². The van der Waals surface area contributed by atoms with Gasteiger partial charge in [-0.2, -0.15) is 0 Å². The largest absolute Gasteiger partial charge is 0.327 e. The second-order valence-electron chi connectivity index (χ2n) is 4.56. The molecule has 1 heterocycles. The number of benzene rings is 1.